The zero-order chi connectivity index (χ0) is 17.5. The largest absolute Gasteiger partial charge is 0.372 e. The van der Waals surface area contributed by atoms with Gasteiger partial charge in [0.15, 0.2) is 0 Å². The molecule has 0 saturated carbocycles. The molecule has 134 valence electrons. The smallest absolute Gasteiger partial charge is 0.214 e. The molecule has 1 aromatic carbocycles. The Balaban J connectivity index is 1.44. The van der Waals surface area contributed by atoms with Crippen LogP contribution in [0.25, 0.3) is 0 Å². The van der Waals surface area contributed by atoms with Crippen LogP contribution in [0.15, 0.2) is 54.7 Å². The van der Waals surface area contributed by atoms with Crippen LogP contribution in [0.1, 0.15) is 24.1 Å². The number of pyridine rings is 1. The van der Waals surface area contributed by atoms with Crippen LogP contribution in [0.5, 0.6) is 0 Å². The van der Waals surface area contributed by atoms with Crippen molar-refractivity contribution >= 4 is 10.0 Å². The Morgan fingerprint density at radius 2 is 1.76 bits per heavy atom. The summed E-state index contributed by atoms with van der Waals surface area (Å²) in [5.41, 5.74) is 1.96. The van der Waals surface area contributed by atoms with Crippen molar-refractivity contribution in [3.63, 3.8) is 0 Å². The molecule has 5 nitrogen and oxygen atoms in total. The van der Waals surface area contributed by atoms with E-state index in [9.17, 15) is 8.42 Å². The van der Waals surface area contributed by atoms with Gasteiger partial charge in [0, 0.05) is 19.3 Å². The fourth-order valence-corrected chi connectivity index (χ4v) is 4.50. The molecule has 0 N–H and O–H groups in total. The summed E-state index contributed by atoms with van der Waals surface area (Å²) in [6, 6.07) is 15.5. The summed E-state index contributed by atoms with van der Waals surface area (Å²) in [5.74, 6) is 0.163. The van der Waals surface area contributed by atoms with E-state index >= 15 is 0 Å². The number of aryl methyl sites for hydroxylation is 1. The molecular weight excluding hydrogens is 336 g/mol. The number of rotatable bonds is 7. The van der Waals surface area contributed by atoms with E-state index in [0.717, 1.165) is 24.1 Å². The van der Waals surface area contributed by atoms with Crippen LogP contribution in [0.3, 0.4) is 0 Å². The van der Waals surface area contributed by atoms with E-state index in [4.69, 9.17) is 4.74 Å². The molecule has 2 aromatic rings. The molecule has 2 heterocycles. The van der Waals surface area contributed by atoms with Crippen molar-refractivity contribution in [1.82, 2.24) is 9.29 Å². The molecule has 0 aliphatic carbocycles. The summed E-state index contributed by atoms with van der Waals surface area (Å²) >= 11 is 0. The van der Waals surface area contributed by atoms with Gasteiger partial charge in [0.1, 0.15) is 0 Å². The monoisotopic (exact) mass is 360 g/mol. The van der Waals surface area contributed by atoms with Gasteiger partial charge in [0.25, 0.3) is 0 Å². The molecule has 1 fully saturated rings. The first-order valence-corrected chi connectivity index (χ1v) is 10.3. The maximum atomic E-state index is 12.5. The molecule has 1 aliphatic rings. The molecule has 1 aliphatic heterocycles. The fourth-order valence-electron chi connectivity index (χ4n) is 2.98. The van der Waals surface area contributed by atoms with E-state index in [2.05, 4.69) is 4.98 Å². The Morgan fingerprint density at radius 1 is 1.04 bits per heavy atom. The van der Waals surface area contributed by atoms with Crippen LogP contribution in [0, 0.1) is 0 Å². The Kier molecular flexibility index (Phi) is 6.18. The quantitative estimate of drug-likeness (QED) is 0.762. The minimum absolute atomic E-state index is 0.0996. The van der Waals surface area contributed by atoms with Gasteiger partial charge in [-0.1, -0.05) is 36.4 Å². The van der Waals surface area contributed by atoms with Gasteiger partial charge in [-0.25, -0.2) is 12.7 Å². The highest BCUT2D eigenvalue weighted by Crippen LogP contribution is 2.18. The lowest BCUT2D eigenvalue weighted by molar-refractivity contribution is 0.00871. The van der Waals surface area contributed by atoms with Crippen molar-refractivity contribution in [2.24, 2.45) is 0 Å². The van der Waals surface area contributed by atoms with E-state index in [1.165, 1.54) is 0 Å². The average molecular weight is 360 g/mol. The van der Waals surface area contributed by atoms with Gasteiger partial charge in [-0.2, -0.15) is 0 Å². The van der Waals surface area contributed by atoms with Crippen LogP contribution >= 0.6 is 0 Å². The number of nitrogens with zero attached hydrogens (tertiary/aromatic N) is 2. The summed E-state index contributed by atoms with van der Waals surface area (Å²) in [6.07, 6.45) is 3.87. The Hall–Kier alpha value is -1.76. The molecule has 0 radical (unpaired) electrons. The van der Waals surface area contributed by atoms with E-state index in [1.807, 2.05) is 48.5 Å². The normalized spacial score (nSPS) is 16.8. The second-order valence-corrected chi connectivity index (χ2v) is 8.37. The number of ether oxygens (including phenoxy) is 1. The number of aromatic nitrogens is 1. The number of piperidine rings is 1. The molecule has 0 spiro atoms. The lowest BCUT2D eigenvalue weighted by Crippen LogP contribution is -2.42. The van der Waals surface area contributed by atoms with Gasteiger partial charge in [-0.05, 0) is 37.0 Å². The number of sulfonamides is 1. The highest BCUT2D eigenvalue weighted by Gasteiger charge is 2.28. The molecule has 25 heavy (non-hydrogen) atoms. The second-order valence-electron chi connectivity index (χ2n) is 6.28. The van der Waals surface area contributed by atoms with Gasteiger partial charge < -0.3 is 4.74 Å². The first-order valence-electron chi connectivity index (χ1n) is 8.67. The van der Waals surface area contributed by atoms with Gasteiger partial charge in [-0.3, -0.25) is 4.98 Å². The minimum atomic E-state index is -3.21. The molecule has 0 bridgehead atoms. The highest BCUT2D eigenvalue weighted by molar-refractivity contribution is 7.89. The highest BCUT2D eigenvalue weighted by atomic mass is 32.2. The average Bonchev–Trinajstić information content (AvgIpc) is 2.67. The summed E-state index contributed by atoms with van der Waals surface area (Å²) in [7, 11) is -3.21. The third kappa shape index (κ3) is 5.36. The topological polar surface area (TPSA) is 59.5 Å². The molecular formula is C19H24N2O3S. The van der Waals surface area contributed by atoms with Crippen molar-refractivity contribution in [2.45, 2.75) is 32.0 Å². The van der Waals surface area contributed by atoms with Crippen molar-refractivity contribution in [1.29, 1.82) is 0 Å². The number of hydrogen-bond donors (Lipinski definition) is 0. The summed E-state index contributed by atoms with van der Waals surface area (Å²) in [4.78, 5) is 4.24. The predicted molar refractivity (Wildman–Crippen MR) is 97.6 cm³/mol. The predicted octanol–water partition coefficient (Wildman–Crippen LogP) is 2.64. The van der Waals surface area contributed by atoms with Crippen LogP contribution in [0.4, 0.5) is 0 Å². The van der Waals surface area contributed by atoms with Gasteiger partial charge >= 0.3 is 0 Å². The number of benzene rings is 1. The maximum absolute atomic E-state index is 12.5. The Labute approximate surface area is 149 Å². The van der Waals surface area contributed by atoms with Crippen LogP contribution < -0.4 is 0 Å². The van der Waals surface area contributed by atoms with E-state index in [0.29, 0.717) is 26.1 Å². The lowest BCUT2D eigenvalue weighted by atomic mass is 10.1. The van der Waals surface area contributed by atoms with E-state index < -0.39 is 10.0 Å². The molecule has 1 aromatic heterocycles. The Morgan fingerprint density at radius 3 is 2.44 bits per heavy atom. The molecule has 1 saturated heterocycles. The third-order valence-corrected chi connectivity index (χ3v) is 6.35. The lowest BCUT2D eigenvalue weighted by Gasteiger charge is -2.31. The van der Waals surface area contributed by atoms with Crippen molar-refractivity contribution in [3.8, 4) is 0 Å². The van der Waals surface area contributed by atoms with E-state index in [1.54, 1.807) is 10.5 Å². The molecule has 0 amide bonds. The summed E-state index contributed by atoms with van der Waals surface area (Å²) < 4.78 is 32.5. The standard InChI is InChI=1S/C19H24N2O3S/c22-25(23,15-11-17-6-2-1-3-7-17)21-13-9-19(10-14-21)24-16-18-8-4-5-12-20-18/h1-8,12,19H,9-11,13-16H2. The third-order valence-electron chi connectivity index (χ3n) is 4.48. The number of hydrogen-bond acceptors (Lipinski definition) is 4. The minimum Gasteiger partial charge on any atom is -0.372 e. The van der Waals surface area contributed by atoms with Crippen molar-refractivity contribution in [2.75, 3.05) is 18.8 Å². The maximum Gasteiger partial charge on any atom is 0.214 e. The Bertz CT molecular complexity index is 743. The van der Waals surface area contributed by atoms with Gasteiger partial charge in [0.05, 0.1) is 24.2 Å². The summed E-state index contributed by atoms with van der Waals surface area (Å²) in [6.45, 7) is 1.54. The zero-order valence-electron chi connectivity index (χ0n) is 14.3. The molecule has 3 rings (SSSR count). The molecule has 0 atom stereocenters. The van der Waals surface area contributed by atoms with Crippen LogP contribution in [-0.2, 0) is 27.8 Å². The second kappa shape index (κ2) is 8.56. The molecule has 6 heteroatoms. The van der Waals surface area contributed by atoms with Gasteiger partial charge in [-0.15, -0.1) is 0 Å². The van der Waals surface area contributed by atoms with Gasteiger partial charge in [0.2, 0.25) is 10.0 Å². The van der Waals surface area contributed by atoms with Crippen molar-refractivity contribution < 1.29 is 13.2 Å². The van der Waals surface area contributed by atoms with E-state index in [-0.39, 0.29) is 11.9 Å². The first-order chi connectivity index (χ1) is 12.1. The molecule has 0 unspecified atom stereocenters. The SMILES string of the molecule is O=S(=O)(CCc1ccccc1)N1CCC(OCc2ccccn2)CC1. The first kappa shape index (κ1) is 18.0. The summed E-state index contributed by atoms with van der Waals surface area (Å²) in [5, 5.41) is 0. The van der Waals surface area contributed by atoms with Crippen molar-refractivity contribution in [3.05, 3.63) is 66.0 Å². The fraction of sp³-hybridized carbons (Fsp3) is 0.421. The van der Waals surface area contributed by atoms with Crippen LogP contribution in [-0.4, -0.2) is 42.7 Å². The zero-order valence-corrected chi connectivity index (χ0v) is 15.1. The van der Waals surface area contributed by atoms with Crippen LogP contribution in [0.2, 0.25) is 0 Å².